The molecule has 0 aromatic heterocycles. The fraction of sp³-hybridized carbons (Fsp3) is 0.0625. The van der Waals surface area contributed by atoms with Crippen LogP contribution in [0.4, 0.5) is 17.1 Å². The highest BCUT2D eigenvalue weighted by atomic mass is 15.1. The second-order valence-corrected chi connectivity index (χ2v) is 18.7. The molecule has 0 heterocycles. The number of anilines is 3. The average Bonchev–Trinajstić information content (AvgIpc) is 3.59. The van der Waals surface area contributed by atoms with E-state index in [2.05, 4.69) is 243 Å². The van der Waals surface area contributed by atoms with Crippen molar-refractivity contribution in [1.82, 2.24) is 0 Å². The van der Waals surface area contributed by atoms with Crippen LogP contribution in [0, 0.1) is 0 Å². The van der Waals surface area contributed by atoms with Gasteiger partial charge < -0.3 is 4.90 Å². The number of benzene rings is 11. The number of nitrogens with zero attached hydrogens (tertiary/aromatic N) is 1. The molecule has 1 spiro atoms. The molecule has 0 radical (unpaired) electrons. The fourth-order valence-electron chi connectivity index (χ4n) is 12.5. The molecule has 3 aliphatic carbocycles. The standard InChI is InChI=1S/C64H43N/c1-63(2)54-27-10-8-23-47(54)49-34-32-43(38-58(49)63)65(60-31-14-19-41-18-6-7-22-46(41)60)44-33-35-50-52-25-12-20-42-21-13-29-56(61(42)52)64(59(50)39-44)55-28-11-9-24-48(55)53-37-36-45(40-16-4-3-5-17-40)51-26-15-30-57(64)62(51)53/h3-39H,1-2H3. The minimum atomic E-state index is -0.635. The molecule has 304 valence electrons. The van der Waals surface area contributed by atoms with Gasteiger partial charge in [0.25, 0.3) is 0 Å². The quantitative estimate of drug-likeness (QED) is 0.171. The van der Waals surface area contributed by atoms with Crippen molar-refractivity contribution in [3.63, 3.8) is 0 Å². The third-order valence-electron chi connectivity index (χ3n) is 15.2. The zero-order valence-electron chi connectivity index (χ0n) is 36.3. The van der Waals surface area contributed by atoms with Crippen molar-refractivity contribution < 1.29 is 0 Å². The summed E-state index contributed by atoms with van der Waals surface area (Å²) in [5.74, 6) is 0. The molecule has 0 aliphatic heterocycles. The molecule has 0 saturated carbocycles. The van der Waals surface area contributed by atoms with Crippen LogP contribution in [0.25, 0.3) is 76.8 Å². The van der Waals surface area contributed by atoms with E-state index in [1.807, 2.05) is 0 Å². The molecular weight excluding hydrogens is 783 g/mol. The van der Waals surface area contributed by atoms with Gasteiger partial charge in [-0.05, 0) is 135 Å². The van der Waals surface area contributed by atoms with E-state index >= 15 is 0 Å². The predicted molar refractivity (Wildman–Crippen MR) is 273 cm³/mol. The van der Waals surface area contributed by atoms with Crippen LogP contribution in [-0.2, 0) is 10.8 Å². The van der Waals surface area contributed by atoms with Gasteiger partial charge in [0.15, 0.2) is 0 Å². The summed E-state index contributed by atoms with van der Waals surface area (Å²) in [7, 11) is 0. The van der Waals surface area contributed by atoms with Gasteiger partial charge in [-0.25, -0.2) is 0 Å². The van der Waals surface area contributed by atoms with E-state index in [1.54, 1.807) is 0 Å². The van der Waals surface area contributed by atoms with Gasteiger partial charge >= 0.3 is 0 Å². The van der Waals surface area contributed by atoms with Crippen LogP contribution in [-0.4, -0.2) is 0 Å². The van der Waals surface area contributed by atoms with E-state index in [9.17, 15) is 0 Å². The maximum Gasteiger partial charge on any atom is 0.0726 e. The van der Waals surface area contributed by atoms with Gasteiger partial charge in [-0.3, -0.25) is 0 Å². The first-order chi connectivity index (χ1) is 32.0. The molecule has 0 fully saturated rings. The fourth-order valence-corrected chi connectivity index (χ4v) is 12.5. The summed E-state index contributed by atoms with van der Waals surface area (Å²) in [4.78, 5) is 2.54. The summed E-state index contributed by atoms with van der Waals surface area (Å²) >= 11 is 0. The van der Waals surface area contributed by atoms with Gasteiger partial charge in [0, 0.05) is 22.2 Å². The van der Waals surface area contributed by atoms with Crippen LogP contribution in [0.3, 0.4) is 0 Å². The van der Waals surface area contributed by atoms with Crippen LogP contribution in [0.2, 0.25) is 0 Å². The third kappa shape index (κ3) is 4.82. The minimum Gasteiger partial charge on any atom is -0.310 e. The van der Waals surface area contributed by atoms with Gasteiger partial charge in [-0.15, -0.1) is 0 Å². The zero-order chi connectivity index (χ0) is 43.0. The lowest BCUT2D eigenvalue weighted by atomic mass is 9.55. The topological polar surface area (TPSA) is 3.24 Å². The monoisotopic (exact) mass is 825 g/mol. The van der Waals surface area contributed by atoms with Crippen molar-refractivity contribution in [2.45, 2.75) is 24.7 Å². The lowest BCUT2D eigenvalue weighted by Crippen LogP contribution is -2.36. The van der Waals surface area contributed by atoms with Crippen LogP contribution in [0.1, 0.15) is 47.2 Å². The van der Waals surface area contributed by atoms with Crippen LogP contribution < -0.4 is 4.90 Å². The maximum absolute atomic E-state index is 2.56. The largest absolute Gasteiger partial charge is 0.310 e. The van der Waals surface area contributed by atoms with Crippen molar-refractivity contribution in [2.75, 3.05) is 4.90 Å². The minimum absolute atomic E-state index is 0.148. The lowest BCUT2D eigenvalue weighted by Gasteiger charge is -2.46. The number of fused-ring (bicyclic) bond motifs is 12. The van der Waals surface area contributed by atoms with Crippen molar-refractivity contribution in [2.24, 2.45) is 0 Å². The molecule has 0 N–H and O–H groups in total. The van der Waals surface area contributed by atoms with E-state index in [-0.39, 0.29) is 5.41 Å². The second-order valence-electron chi connectivity index (χ2n) is 18.7. The van der Waals surface area contributed by atoms with Crippen molar-refractivity contribution in [1.29, 1.82) is 0 Å². The normalized spacial score (nSPS) is 15.7. The van der Waals surface area contributed by atoms with E-state index in [0.717, 1.165) is 17.1 Å². The number of hydrogen-bond acceptors (Lipinski definition) is 1. The molecular formula is C64H43N. The highest BCUT2D eigenvalue weighted by Gasteiger charge is 2.49. The van der Waals surface area contributed by atoms with Crippen LogP contribution >= 0.6 is 0 Å². The van der Waals surface area contributed by atoms with Crippen molar-refractivity contribution in [3.8, 4) is 44.5 Å². The van der Waals surface area contributed by atoms with Crippen LogP contribution in [0.5, 0.6) is 0 Å². The Bertz CT molecular complexity index is 3810. The maximum atomic E-state index is 2.56. The summed E-state index contributed by atoms with van der Waals surface area (Å²) in [6.07, 6.45) is 0. The summed E-state index contributed by atoms with van der Waals surface area (Å²) < 4.78 is 0. The summed E-state index contributed by atoms with van der Waals surface area (Å²) in [5.41, 5.74) is 21.0. The summed E-state index contributed by atoms with van der Waals surface area (Å²) in [5, 5.41) is 7.64. The SMILES string of the molecule is CC1(C)c2ccccc2-c2ccc(N(c3ccc4c(c3)C3(c5ccccc5-c5ccc(-c6ccccc6)c6cccc3c56)c3cccc5cccc-4c35)c3cccc4ccccc34)cc21. The molecule has 0 saturated heterocycles. The Morgan fingerprint density at radius 1 is 0.308 bits per heavy atom. The molecule has 1 unspecified atom stereocenters. The Hall–Kier alpha value is -8.00. The molecule has 65 heavy (non-hydrogen) atoms. The summed E-state index contributed by atoms with van der Waals surface area (Å²) in [6, 6.07) is 84.9. The van der Waals surface area contributed by atoms with E-state index in [0.29, 0.717) is 0 Å². The molecule has 1 heteroatoms. The third-order valence-corrected chi connectivity index (χ3v) is 15.2. The lowest BCUT2D eigenvalue weighted by molar-refractivity contribution is 0.660. The zero-order valence-corrected chi connectivity index (χ0v) is 36.3. The molecule has 11 aromatic carbocycles. The van der Waals surface area contributed by atoms with Gasteiger partial charge in [0.2, 0.25) is 0 Å². The Morgan fingerprint density at radius 2 is 0.800 bits per heavy atom. The Balaban J connectivity index is 1.11. The van der Waals surface area contributed by atoms with Gasteiger partial charge in [-0.2, -0.15) is 0 Å². The van der Waals surface area contributed by atoms with Gasteiger partial charge in [-0.1, -0.05) is 208 Å². The summed E-state index contributed by atoms with van der Waals surface area (Å²) in [6.45, 7) is 4.76. The first-order valence-corrected chi connectivity index (χ1v) is 22.9. The highest BCUT2D eigenvalue weighted by molar-refractivity contribution is 6.14. The molecule has 14 rings (SSSR count). The predicted octanol–water partition coefficient (Wildman–Crippen LogP) is 16.9. The van der Waals surface area contributed by atoms with E-state index < -0.39 is 5.41 Å². The number of rotatable bonds is 4. The van der Waals surface area contributed by atoms with Gasteiger partial charge in [0.05, 0.1) is 11.1 Å². The molecule has 1 atom stereocenters. The van der Waals surface area contributed by atoms with Crippen LogP contribution in [0.15, 0.2) is 224 Å². The first-order valence-electron chi connectivity index (χ1n) is 22.9. The molecule has 11 aromatic rings. The van der Waals surface area contributed by atoms with Crippen molar-refractivity contribution in [3.05, 3.63) is 258 Å². The molecule has 1 nitrogen and oxygen atoms in total. The second kappa shape index (κ2) is 13.3. The van der Waals surface area contributed by atoms with E-state index in [4.69, 9.17) is 0 Å². The van der Waals surface area contributed by atoms with E-state index in [1.165, 1.54) is 110 Å². The Morgan fingerprint density at radius 3 is 1.62 bits per heavy atom. The molecule has 0 bridgehead atoms. The average molecular weight is 826 g/mol. The Kier molecular flexibility index (Phi) is 7.45. The highest BCUT2D eigenvalue weighted by Crippen LogP contribution is 2.62. The molecule has 0 amide bonds. The Labute approximate surface area is 379 Å². The molecule has 3 aliphatic rings. The first kappa shape index (κ1) is 36.5. The number of hydrogen-bond donors (Lipinski definition) is 0. The smallest absolute Gasteiger partial charge is 0.0726 e. The van der Waals surface area contributed by atoms with Crippen molar-refractivity contribution >= 4 is 49.4 Å². The van der Waals surface area contributed by atoms with Gasteiger partial charge in [0.1, 0.15) is 0 Å².